The molecule has 0 unspecified atom stereocenters. The maximum absolute atomic E-state index is 6.77. The highest BCUT2D eigenvalue weighted by Gasteiger charge is 2.33. The summed E-state index contributed by atoms with van der Waals surface area (Å²) in [6, 6.07) is 11.3. The normalized spacial score (nSPS) is 14.3. The van der Waals surface area contributed by atoms with Crippen molar-refractivity contribution in [1.82, 2.24) is 4.98 Å². The fourth-order valence-electron chi connectivity index (χ4n) is 5.60. The van der Waals surface area contributed by atoms with Gasteiger partial charge in [-0.1, -0.05) is 32.0 Å². The Morgan fingerprint density at radius 2 is 2.00 bits per heavy atom. The van der Waals surface area contributed by atoms with Gasteiger partial charge in [-0.25, -0.2) is 4.57 Å². The molecule has 0 N–H and O–H groups in total. The molecule has 0 amide bonds. The van der Waals surface area contributed by atoms with E-state index in [1.54, 1.807) is 0 Å². The van der Waals surface area contributed by atoms with Gasteiger partial charge in [-0.2, -0.15) is 0 Å². The van der Waals surface area contributed by atoms with Crippen LogP contribution < -0.4 is 9.30 Å². The van der Waals surface area contributed by atoms with Gasteiger partial charge in [0.1, 0.15) is 16.9 Å². The maximum Gasteiger partial charge on any atom is 0.287 e. The van der Waals surface area contributed by atoms with E-state index in [1.807, 2.05) is 6.33 Å². The van der Waals surface area contributed by atoms with E-state index in [9.17, 15) is 0 Å². The molecule has 3 nitrogen and oxygen atoms in total. The van der Waals surface area contributed by atoms with Crippen molar-refractivity contribution >= 4 is 21.7 Å². The average Bonchev–Trinajstić information content (AvgIpc) is 2.73. The van der Waals surface area contributed by atoms with Crippen molar-refractivity contribution in [3.05, 3.63) is 58.9 Å². The first-order chi connectivity index (χ1) is 14.5. The van der Waals surface area contributed by atoms with Gasteiger partial charge in [0, 0.05) is 5.56 Å². The van der Waals surface area contributed by atoms with Gasteiger partial charge in [-0.3, -0.25) is 0 Å². The number of aromatic nitrogens is 2. The molecular weight excluding hydrogens is 368 g/mol. The predicted octanol–water partition coefficient (Wildman–Crippen LogP) is 5.98. The first-order valence-corrected chi connectivity index (χ1v) is 11.1. The van der Waals surface area contributed by atoms with Gasteiger partial charge in [0.25, 0.3) is 6.33 Å². The summed E-state index contributed by atoms with van der Waals surface area (Å²) >= 11 is 0. The van der Waals surface area contributed by atoms with Crippen LogP contribution in [0.2, 0.25) is 0 Å². The highest BCUT2D eigenvalue weighted by atomic mass is 16.5. The third-order valence-corrected chi connectivity index (χ3v) is 6.80. The SMILES string of the molecule is Cc1c2c(c3c4c(cccc14)CCC3)Oc1cc(CC(C)C)cc3nc[n+](C)c-2c13. The molecule has 0 radical (unpaired) electrons. The molecule has 1 aromatic heterocycles. The third-order valence-electron chi connectivity index (χ3n) is 6.80. The van der Waals surface area contributed by atoms with Crippen LogP contribution in [0.5, 0.6) is 11.5 Å². The fourth-order valence-corrected chi connectivity index (χ4v) is 5.60. The molecule has 0 atom stereocenters. The Hall–Kier alpha value is -2.94. The molecule has 1 aliphatic carbocycles. The Labute approximate surface area is 177 Å². The van der Waals surface area contributed by atoms with Crippen LogP contribution in [0.3, 0.4) is 0 Å². The first kappa shape index (κ1) is 17.9. The fraction of sp³-hybridized carbons (Fsp3) is 0.333. The Morgan fingerprint density at radius 1 is 1.13 bits per heavy atom. The highest BCUT2D eigenvalue weighted by Crippen LogP contribution is 2.52. The summed E-state index contributed by atoms with van der Waals surface area (Å²) in [6.07, 6.45) is 6.41. The van der Waals surface area contributed by atoms with E-state index in [1.165, 1.54) is 50.7 Å². The average molecular weight is 396 g/mol. The van der Waals surface area contributed by atoms with Crippen molar-refractivity contribution in [3.8, 4) is 22.8 Å². The second-order valence-electron chi connectivity index (χ2n) is 9.39. The summed E-state index contributed by atoms with van der Waals surface area (Å²) in [4.78, 5) is 4.77. The van der Waals surface area contributed by atoms with Gasteiger partial charge in [0.2, 0.25) is 0 Å². The molecule has 0 saturated heterocycles. The van der Waals surface area contributed by atoms with Gasteiger partial charge in [-0.05, 0) is 83.1 Å². The summed E-state index contributed by atoms with van der Waals surface area (Å²) in [5.41, 5.74) is 8.98. The van der Waals surface area contributed by atoms with Crippen molar-refractivity contribution in [2.45, 2.75) is 46.5 Å². The Balaban J connectivity index is 1.75. The van der Waals surface area contributed by atoms with Gasteiger partial charge < -0.3 is 4.74 Å². The van der Waals surface area contributed by atoms with Crippen LogP contribution in [-0.4, -0.2) is 4.98 Å². The zero-order valence-corrected chi connectivity index (χ0v) is 18.2. The van der Waals surface area contributed by atoms with Gasteiger partial charge >= 0.3 is 0 Å². The summed E-state index contributed by atoms with van der Waals surface area (Å²) in [7, 11) is 2.11. The third kappa shape index (κ3) is 2.38. The number of aryl methyl sites for hydroxylation is 4. The van der Waals surface area contributed by atoms with E-state index < -0.39 is 0 Å². The summed E-state index contributed by atoms with van der Waals surface area (Å²) < 4.78 is 8.95. The standard InChI is InChI=1S/C27H27N2O/c1-15(2)11-17-12-21-25-22(13-17)30-27-20-10-6-8-18-7-5-9-19(24(18)20)16(3)23(27)26(25)29(4)14-28-21/h5,7,9,12-15H,6,8,10-11H2,1-4H3/q+1. The zero-order valence-electron chi connectivity index (χ0n) is 18.2. The molecular formula is C27H27N2O+. The molecule has 2 aliphatic rings. The van der Waals surface area contributed by atoms with Crippen LogP contribution in [0.15, 0.2) is 36.7 Å². The van der Waals surface area contributed by atoms with Crippen LogP contribution >= 0.6 is 0 Å². The van der Waals surface area contributed by atoms with Crippen molar-refractivity contribution in [1.29, 1.82) is 0 Å². The van der Waals surface area contributed by atoms with E-state index in [2.05, 4.69) is 62.7 Å². The minimum absolute atomic E-state index is 0.597. The first-order valence-electron chi connectivity index (χ1n) is 11.1. The zero-order chi connectivity index (χ0) is 20.6. The Bertz CT molecular complexity index is 1370. The number of hydrogen-bond donors (Lipinski definition) is 0. The molecule has 150 valence electrons. The monoisotopic (exact) mass is 395 g/mol. The van der Waals surface area contributed by atoms with Crippen LogP contribution in [0.25, 0.3) is 32.9 Å². The highest BCUT2D eigenvalue weighted by molar-refractivity contribution is 6.06. The van der Waals surface area contributed by atoms with Crippen LogP contribution in [0.1, 0.15) is 42.5 Å². The largest absolute Gasteiger partial charge is 0.455 e. The lowest BCUT2D eigenvalue weighted by Crippen LogP contribution is -2.33. The number of hydrogen-bond acceptors (Lipinski definition) is 2. The van der Waals surface area contributed by atoms with Crippen molar-refractivity contribution in [2.75, 3.05) is 0 Å². The summed E-state index contributed by atoms with van der Waals surface area (Å²) in [6.45, 7) is 6.78. The predicted molar refractivity (Wildman–Crippen MR) is 121 cm³/mol. The van der Waals surface area contributed by atoms with Crippen LogP contribution in [0.4, 0.5) is 0 Å². The second-order valence-corrected chi connectivity index (χ2v) is 9.39. The molecule has 30 heavy (non-hydrogen) atoms. The van der Waals surface area contributed by atoms with Crippen LogP contribution in [0, 0.1) is 12.8 Å². The van der Waals surface area contributed by atoms with E-state index >= 15 is 0 Å². The minimum atomic E-state index is 0.597. The maximum atomic E-state index is 6.77. The Morgan fingerprint density at radius 3 is 2.83 bits per heavy atom. The molecule has 0 saturated carbocycles. The number of nitrogens with zero attached hydrogens (tertiary/aromatic N) is 2. The van der Waals surface area contributed by atoms with Gasteiger partial charge in [0.15, 0.2) is 11.2 Å². The minimum Gasteiger partial charge on any atom is -0.455 e. The lowest BCUT2D eigenvalue weighted by atomic mass is 9.82. The number of rotatable bonds is 2. The quantitative estimate of drug-likeness (QED) is 0.344. The summed E-state index contributed by atoms with van der Waals surface area (Å²) in [5, 5.41) is 3.94. The van der Waals surface area contributed by atoms with Crippen molar-refractivity contribution in [2.24, 2.45) is 13.0 Å². The molecule has 3 heteroatoms. The molecule has 0 spiro atoms. The number of fused-ring (bicyclic) bond motifs is 3. The molecule has 3 aromatic carbocycles. The Kier molecular flexibility index (Phi) is 3.74. The molecule has 2 heterocycles. The smallest absolute Gasteiger partial charge is 0.287 e. The molecule has 6 rings (SSSR count). The molecule has 1 aliphatic heterocycles. The summed E-state index contributed by atoms with van der Waals surface area (Å²) in [5.74, 6) is 2.64. The molecule has 4 aromatic rings. The van der Waals surface area contributed by atoms with Crippen LogP contribution in [-0.2, 0) is 26.3 Å². The van der Waals surface area contributed by atoms with E-state index in [0.717, 1.165) is 41.7 Å². The topological polar surface area (TPSA) is 26.0 Å². The van der Waals surface area contributed by atoms with E-state index in [-0.39, 0.29) is 0 Å². The second kappa shape index (κ2) is 6.28. The van der Waals surface area contributed by atoms with Gasteiger partial charge in [-0.15, -0.1) is 0 Å². The lowest BCUT2D eigenvalue weighted by Gasteiger charge is -2.28. The van der Waals surface area contributed by atoms with E-state index in [4.69, 9.17) is 9.72 Å². The molecule has 0 fully saturated rings. The van der Waals surface area contributed by atoms with Gasteiger partial charge in [0.05, 0.1) is 12.6 Å². The van der Waals surface area contributed by atoms with E-state index in [0.29, 0.717) is 5.92 Å². The number of ether oxygens (including phenoxy) is 1. The molecule has 0 bridgehead atoms. The van der Waals surface area contributed by atoms with Crippen molar-refractivity contribution < 1.29 is 9.30 Å². The van der Waals surface area contributed by atoms with Crippen molar-refractivity contribution in [3.63, 3.8) is 0 Å². The lowest BCUT2D eigenvalue weighted by molar-refractivity contribution is -0.662. The number of benzene rings is 3.